The van der Waals surface area contributed by atoms with Gasteiger partial charge in [0.25, 0.3) is 0 Å². The molecule has 1 aliphatic carbocycles. The number of rotatable bonds is 14. The summed E-state index contributed by atoms with van der Waals surface area (Å²) in [6.45, 7) is -3.53. The predicted molar refractivity (Wildman–Crippen MR) is 151 cm³/mol. The topological polar surface area (TPSA) is 144 Å². The average Bonchev–Trinajstić information content (AvgIpc) is 3.74. The first kappa shape index (κ1) is 31.5. The minimum atomic E-state index is -3.93. The third-order valence-corrected chi connectivity index (χ3v) is 8.17. The molecule has 1 aliphatic rings. The Kier molecular flexibility index (Phi) is 10.3. The van der Waals surface area contributed by atoms with Crippen LogP contribution in [0.1, 0.15) is 35.6 Å². The van der Waals surface area contributed by atoms with E-state index in [1.807, 2.05) is 0 Å². The van der Waals surface area contributed by atoms with E-state index < -0.39 is 41.0 Å². The Balaban J connectivity index is 1.56. The van der Waals surface area contributed by atoms with Crippen LogP contribution in [-0.4, -0.2) is 34.2 Å². The van der Waals surface area contributed by atoms with Crippen LogP contribution in [-0.2, 0) is 31.7 Å². The second-order valence-electron chi connectivity index (χ2n) is 9.64. The van der Waals surface area contributed by atoms with E-state index in [-0.39, 0.29) is 40.1 Å². The van der Waals surface area contributed by atoms with Crippen LogP contribution in [0.25, 0.3) is 0 Å². The zero-order valence-corrected chi connectivity index (χ0v) is 24.3. The molecule has 1 aromatic heterocycles. The second-order valence-corrected chi connectivity index (χ2v) is 12.3. The van der Waals surface area contributed by atoms with Crippen molar-refractivity contribution in [2.75, 3.05) is 18.9 Å². The molecule has 2 aromatic carbocycles. The number of nitrogens with two attached hydrogens (primary N) is 1. The molecule has 1 heterocycles. The smallest absolute Gasteiger partial charge is 0.387 e. The first-order valence-electron chi connectivity index (χ1n) is 12.7. The van der Waals surface area contributed by atoms with Crippen LogP contribution in [0.15, 0.2) is 54.9 Å². The number of nitrogens with one attached hydrogen (secondary N) is 1. The number of carbonyl (C=O) groups is 1. The molecule has 10 nitrogen and oxygen atoms in total. The Bertz CT molecular complexity index is 1500. The van der Waals surface area contributed by atoms with Crippen molar-refractivity contribution in [3.63, 3.8) is 0 Å². The van der Waals surface area contributed by atoms with Gasteiger partial charge in [0.1, 0.15) is 22.7 Å². The van der Waals surface area contributed by atoms with Crippen LogP contribution in [0.3, 0.4) is 0 Å². The summed E-state index contributed by atoms with van der Waals surface area (Å²) in [5.74, 6) is -1.26. The highest BCUT2D eigenvalue weighted by molar-refractivity contribution is 7.88. The molecule has 226 valence electrons. The van der Waals surface area contributed by atoms with Crippen LogP contribution in [0.5, 0.6) is 11.5 Å². The molecule has 0 unspecified atom stereocenters. The maximum absolute atomic E-state index is 13.0. The quantitative estimate of drug-likeness (QED) is 0.112. The molecule has 0 amide bonds. The molecule has 42 heavy (non-hydrogen) atoms. The molecule has 3 aromatic rings. The highest BCUT2D eigenvalue weighted by Crippen LogP contribution is 2.37. The number of benzene rings is 2. The molecule has 0 aliphatic heterocycles. The van der Waals surface area contributed by atoms with Crippen LogP contribution in [0, 0.1) is 11.1 Å². The number of sulfonamides is 1. The molecule has 1 saturated carbocycles. The summed E-state index contributed by atoms with van der Waals surface area (Å²) >= 11 is 12.5. The predicted octanol–water partition coefficient (Wildman–Crippen LogP) is 4.55. The summed E-state index contributed by atoms with van der Waals surface area (Å²) in [5.41, 5.74) is 7.12. The van der Waals surface area contributed by atoms with E-state index in [1.165, 1.54) is 18.2 Å². The third kappa shape index (κ3) is 9.31. The molecule has 4 rings (SSSR count). The van der Waals surface area contributed by atoms with Crippen LogP contribution in [0.4, 0.5) is 14.5 Å². The van der Waals surface area contributed by atoms with Gasteiger partial charge in [-0.15, -0.1) is 0 Å². The molecular weight excluding hydrogens is 619 g/mol. The molecule has 0 spiro atoms. The number of nitrogen functional groups attached to an aromatic ring is 1. The van der Waals surface area contributed by atoms with E-state index in [4.69, 9.17) is 38.4 Å². The summed E-state index contributed by atoms with van der Waals surface area (Å²) in [4.78, 5) is 12.9. The van der Waals surface area contributed by atoms with Crippen molar-refractivity contribution in [3.05, 3.63) is 86.8 Å². The second kappa shape index (κ2) is 13.7. The van der Waals surface area contributed by atoms with Gasteiger partial charge in [0.15, 0.2) is 23.9 Å². The fourth-order valence-corrected chi connectivity index (χ4v) is 5.59. The summed E-state index contributed by atoms with van der Waals surface area (Å²) in [5, 5.41) is 11.7. The van der Waals surface area contributed by atoms with E-state index in [9.17, 15) is 27.2 Å². The van der Waals surface area contributed by atoms with Crippen molar-refractivity contribution >= 4 is 44.9 Å². The standard InChI is InChI=1S/C27H27Cl2F2N3O7S/c28-21-12-34(36)13-22(29)20(21)10-24(18-5-8-23(41-27(30)31)25(9-18)39-14-16-1-2-16)40-26(35)11-33-42(37,38)15-17-3-6-19(32)7-4-17/h3-9,12-13,16,24,27,33H,1-2,10-11,14-15,32H2/t24-/m0/s1. The zero-order valence-electron chi connectivity index (χ0n) is 22.0. The molecule has 1 fully saturated rings. The summed E-state index contributed by atoms with van der Waals surface area (Å²) in [7, 11) is -3.93. The first-order chi connectivity index (χ1) is 19.9. The fourth-order valence-electron chi connectivity index (χ4n) is 3.92. The minimum absolute atomic E-state index is 0.00704. The van der Waals surface area contributed by atoms with Crippen molar-refractivity contribution in [1.82, 2.24) is 4.72 Å². The van der Waals surface area contributed by atoms with Crippen molar-refractivity contribution in [2.45, 2.75) is 37.7 Å². The van der Waals surface area contributed by atoms with Crippen LogP contribution in [0.2, 0.25) is 10.0 Å². The SMILES string of the molecule is Nc1ccc(CS(=O)(=O)NCC(=O)O[C@@H](Cc2c(Cl)c[n+]([O-])cc2Cl)c2ccc(OC(F)F)c(OCC3CC3)c2)cc1. The van der Waals surface area contributed by atoms with E-state index in [0.29, 0.717) is 27.5 Å². The van der Waals surface area contributed by atoms with Crippen molar-refractivity contribution in [3.8, 4) is 11.5 Å². The summed E-state index contributed by atoms with van der Waals surface area (Å²) in [6.07, 6.45) is 2.75. The number of alkyl halides is 2. The highest BCUT2D eigenvalue weighted by atomic mass is 35.5. The zero-order chi connectivity index (χ0) is 30.4. The van der Waals surface area contributed by atoms with Crippen LogP contribution >= 0.6 is 23.2 Å². The van der Waals surface area contributed by atoms with Gasteiger partial charge in [0.2, 0.25) is 10.0 Å². The molecule has 0 bridgehead atoms. The molecule has 0 radical (unpaired) electrons. The van der Waals surface area contributed by atoms with Crippen molar-refractivity contribution in [1.29, 1.82) is 0 Å². The lowest BCUT2D eigenvalue weighted by atomic mass is 10.0. The van der Waals surface area contributed by atoms with Crippen molar-refractivity contribution < 1.29 is 40.9 Å². The molecular formula is C27H27Cl2F2N3O7S. The van der Waals surface area contributed by atoms with Gasteiger partial charge in [0, 0.05) is 17.7 Å². The largest absolute Gasteiger partial charge is 0.619 e. The van der Waals surface area contributed by atoms with Gasteiger partial charge in [0.05, 0.1) is 12.4 Å². The van der Waals surface area contributed by atoms with E-state index in [2.05, 4.69) is 9.46 Å². The number of pyridine rings is 1. The molecule has 0 saturated heterocycles. The van der Waals surface area contributed by atoms with Gasteiger partial charge in [-0.25, -0.2) is 13.1 Å². The van der Waals surface area contributed by atoms with Gasteiger partial charge in [-0.3, -0.25) is 4.79 Å². The number of nitrogens with zero attached hydrogens (tertiary/aromatic N) is 1. The highest BCUT2D eigenvalue weighted by Gasteiger charge is 2.27. The Morgan fingerprint density at radius 3 is 2.38 bits per heavy atom. The lowest BCUT2D eigenvalue weighted by Gasteiger charge is -2.21. The molecule has 3 N–H and O–H groups in total. The molecule has 1 atom stereocenters. The van der Waals surface area contributed by atoms with Crippen molar-refractivity contribution in [2.24, 2.45) is 5.92 Å². The van der Waals surface area contributed by atoms with E-state index in [0.717, 1.165) is 25.2 Å². The maximum atomic E-state index is 13.0. The lowest BCUT2D eigenvalue weighted by Crippen LogP contribution is -2.32. The maximum Gasteiger partial charge on any atom is 0.387 e. The number of hydrogen-bond acceptors (Lipinski definition) is 8. The Labute approximate surface area is 250 Å². The minimum Gasteiger partial charge on any atom is -0.619 e. The number of hydrogen-bond donors (Lipinski definition) is 2. The number of anilines is 1. The Morgan fingerprint density at radius 2 is 1.76 bits per heavy atom. The normalized spacial score (nSPS) is 14.0. The Hall–Kier alpha value is -3.39. The third-order valence-electron chi connectivity index (χ3n) is 6.22. The van der Waals surface area contributed by atoms with Gasteiger partial charge in [-0.2, -0.15) is 13.5 Å². The Morgan fingerprint density at radius 1 is 1.10 bits per heavy atom. The number of carbonyl (C=O) groups excluding carboxylic acids is 1. The van der Waals surface area contributed by atoms with E-state index >= 15 is 0 Å². The van der Waals surface area contributed by atoms with E-state index in [1.54, 1.807) is 24.3 Å². The first-order valence-corrected chi connectivity index (χ1v) is 15.1. The van der Waals surface area contributed by atoms with Gasteiger partial charge < -0.3 is 25.2 Å². The van der Waals surface area contributed by atoms with Gasteiger partial charge >= 0.3 is 12.6 Å². The van der Waals surface area contributed by atoms with Gasteiger partial charge in [-0.1, -0.05) is 41.4 Å². The number of esters is 1. The number of aromatic nitrogens is 1. The lowest BCUT2D eigenvalue weighted by molar-refractivity contribution is -0.605. The number of ether oxygens (including phenoxy) is 3. The monoisotopic (exact) mass is 645 g/mol. The fraction of sp³-hybridized carbons (Fsp3) is 0.333. The molecule has 15 heteroatoms. The number of halogens is 4. The summed E-state index contributed by atoms with van der Waals surface area (Å²) in [6, 6.07) is 10.2. The van der Waals surface area contributed by atoms with Crippen LogP contribution < -0.4 is 24.7 Å². The van der Waals surface area contributed by atoms with Gasteiger partial charge in [-0.05, 0) is 54.2 Å². The summed E-state index contributed by atoms with van der Waals surface area (Å²) < 4.78 is 69.7. The average molecular weight is 646 g/mol.